The van der Waals surface area contributed by atoms with Crippen LogP contribution >= 0.6 is 24.1 Å². The molecule has 4 aromatic rings. The molecule has 18 heteroatoms. The van der Waals surface area contributed by atoms with Gasteiger partial charge in [0.15, 0.2) is 0 Å². The summed E-state index contributed by atoms with van der Waals surface area (Å²) in [6.45, 7) is 0. The van der Waals surface area contributed by atoms with Gasteiger partial charge in [0.2, 0.25) is 0 Å². The largest absolute Gasteiger partial charge is 1.00 e. The van der Waals surface area contributed by atoms with Crippen LogP contribution in [0.5, 0.6) is 0 Å². The summed E-state index contributed by atoms with van der Waals surface area (Å²) >= 11 is 1.38. The van der Waals surface area contributed by atoms with Crippen molar-refractivity contribution in [3.8, 4) is 0 Å². The van der Waals surface area contributed by atoms with Crippen LogP contribution in [0.1, 0.15) is 0 Å². The second-order valence-corrected chi connectivity index (χ2v) is 9.83. The molecule has 39 heavy (non-hydrogen) atoms. The molecule has 0 saturated carbocycles. The van der Waals surface area contributed by atoms with E-state index in [4.69, 9.17) is 0 Å². The van der Waals surface area contributed by atoms with E-state index in [9.17, 15) is 23.5 Å². The molecule has 0 unspecified atom stereocenters. The van der Waals surface area contributed by atoms with Crippen LogP contribution < -0.4 is 110 Å². The van der Waals surface area contributed by atoms with Gasteiger partial charge >= 0.3 is 88.7 Å². The second kappa shape index (κ2) is 17.9. The van der Waals surface area contributed by atoms with E-state index in [1.807, 2.05) is 6.07 Å². The van der Waals surface area contributed by atoms with Crippen molar-refractivity contribution in [2.75, 3.05) is 10.6 Å². The van der Waals surface area contributed by atoms with Gasteiger partial charge in [0.05, 0.1) is 29.0 Å². The average Bonchev–Trinajstić information content (AvgIpc) is 2.86. The number of benzene rings is 3. The van der Waals surface area contributed by atoms with Crippen LogP contribution in [0, 0.1) is 0 Å². The molecule has 4 rings (SSSR count). The Morgan fingerprint density at radius 1 is 0.744 bits per heavy atom. The number of fused-ring (bicyclic) bond motifs is 1. The van der Waals surface area contributed by atoms with Gasteiger partial charge < -0.3 is 25.7 Å². The van der Waals surface area contributed by atoms with Gasteiger partial charge in [-0.25, -0.2) is 13.4 Å². The Hall–Kier alpha value is 0.0400. The second-order valence-electron chi connectivity index (χ2n) is 6.93. The third-order valence-corrected chi connectivity index (χ3v) is 6.68. The predicted octanol–water partition coefficient (Wildman–Crippen LogP) is -5.90. The summed E-state index contributed by atoms with van der Waals surface area (Å²) in [5.41, 5.74) is 1.22. The summed E-state index contributed by atoms with van der Waals surface area (Å²) in [6, 6.07) is 19.3. The number of rotatable bonds is 11. The van der Waals surface area contributed by atoms with E-state index in [0.29, 0.717) is 56.9 Å². The third-order valence-electron chi connectivity index (χ3n) is 4.63. The Kier molecular flexibility index (Phi) is 17.0. The molecular formula is C21H14N3Na3O9S3. The first kappa shape index (κ1) is 37.1. The van der Waals surface area contributed by atoms with E-state index in [-0.39, 0.29) is 93.6 Å². The van der Waals surface area contributed by atoms with Gasteiger partial charge in [-0.3, -0.25) is 10.1 Å². The van der Waals surface area contributed by atoms with Gasteiger partial charge in [-0.05, 0) is 71.4 Å². The van der Waals surface area contributed by atoms with Crippen molar-refractivity contribution >= 4 is 68.0 Å². The maximum absolute atomic E-state index is 11.1. The number of anilines is 4. The predicted molar refractivity (Wildman–Crippen MR) is 125 cm³/mol. The number of nitrogens with one attached hydrogen (secondary N) is 2. The number of hydrogen-bond acceptors (Lipinski definition) is 14. The molecule has 0 aliphatic rings. The molecular weight excluding hydrogens is 603 g/mol. The number of aromatic nitrogens is 1. The first-order chi connectivity index (χ1) is 17.4. The molecule has 3 aromatic carbocycles. The average molecular weight is 618 g/mol. The molecule has 188 valence electrons. The minimum absolute atomic E-state index is 0. The zero-order valence-corrected chi connectivity index (χ0v) is 29.2. The van der Waals surface area contributed by atoms with Gasteiger partial charge in [-0.2, -0.15) is 8.67 Å². The number of nitrogens with zero attached hydrogens (tertiary/aromatic N) is 1. The van der Waals surface area contributed by atoms with Crippen molar-refractivity contribution in [1.29, 1.82) is 0 Å². The monoisotopic (exact) mass is 617 g/mol. The third kappa shape index (κ3) is 11.0. The molecule has 0 atom stereocenters. The van der Waals surface area contributed by atoms with Crippen LogP contribution in [0.25, 0.3) is 10.8 Å². The molecule has 0 radical (unpaired) electrons. The van der Waals surface area contributed by atoms with Crippen molar-refractivity contribution in [1.82, 2.24) is 4.98 Å². The van der Waals surface area contributed by atoms with Crippen molar-refractivity contribution < 1.29 is 131 Å². The molecule has 0 aliphatic heterocycles. The van der Waals surface area contributed by atoms with Crippen molar-refractivity contribution in [3.63, 3.8) is 0 Å². The maximum atomic E-state index is 11.1. The van der Waals surface area contributed by atoms with Crippen LogP contribution in [-0.4, -0.2) is 18.0 Å². The molecule has 0 amide bonds. The van der Waals surface area contributed by atoms with Crippen molar-refractivity contribution in [2.24, 2.45) is 0 Å². The molecule has 1 heterocycles. The SMILES string of the molecule is O=S(=O)([O-])c1ccc(Nc2cccc(Nc3ccc4c(SOO[O-])cc(SOO[O-])cc4c3)n2)cc1.[Na+].[Na+].[Na+]. The Morgan fingerprint density at radius 3 is 1.95 bits per heavy atom. The Labute approximate surface area is 298 Å². The standard InChI is InChI=1S/C21H17N3O9S3.3Na/c25-30-32-34-16-11-13-10-15(6-9-18(13)19(12-16)35-33-31-26)23-21-3-1-2-20(24-21)22-14-4-7-17(8-5-14)36(27,28)29;;;/h1-12,25-26H,(H2,22,23,24)(H,27,28,29);;;/q;3*+1/p-3. The molecule has 12 nitrogen and oxygen atoms in total. The number of pyridine rings is 1. The van der Waals surface area contributed by atoms with Crippen LogP contribution in [0.4, 0.5) is 23.0 Å². The minimum Gasteiger partial charge on any atom is -0.744 e. The van der Waals surface area contributed by atoms with Crippen LogP contribution in [-0.2, 0) is 28.9 Å². The molecule has 0 aliphatic carbocycles. The number of hydrogen-bond donors (Lipinski definition) is 2. The summed E-state index contributed by atoms with van der Waals surface area (Å²) in [5, 5.41) is 34.9. The van der Waals surface area contributed by atoms with Gasteiger partial charge in [0, 0.05) is 21.2 Å². The maximum Gasteiger partial charge on any atom is 1.00 e. The quantitative estimate of drug-likeness (QED) is 0.0535. The van der Waals surface area contributed by atoms with E-state index in [1.54, 1.807) is 42.5 Å². The summed E-state index contributed by atoms with van der Waals surface area (Å²) in [4.78, 5) is 5.20. The Morgan fingerprint density at radius 2 is 1.33 bits per heavy atom. The van der Waals surface area contributed by atoms with Crippen LogP contribution in [0.2, 0.25) is 0 Å². The smallest absolute Gasteiger partial charge is 0.744 e. The first-order valence-corrected chi connectivity index (χ1v) is 12.7. The zero-order valence-electron chi connectivity index (χ0n) is 20.8. The van der Waals surface area contributed by atoms with Crippen molar-refractivity contribution in [2.45, 2.75) is 14.7 Å². The normalized spacial score (nSPS) is 10.6. The molecule has 0 fully saturated rings. The van der Waals surface area contributed by atoms with Crippen LogP contribution in [0.3, 0.4) is 0 Å². The molecule has 0 bridgehead atoms. The van der Waals surface area contributed by atoms with E-state index >= 15 is 0 Å². The fraction of sp³-hybridized carbons (Fsp3) is 0. The fourth-order valence-electron chi connectivity index (χ4n) is 3.18. The zero-order chi connectivity index (χ0) is 25.5. The summed E-state index contributed by atoms with van der Waals surface area (Å²) in [6.07, 6.45) is 0. The van der Waals surface area contributed by atoms with Gasteiger partial charge in [0.25, 0.3) is 0 Å². The molecule has 2 N–H and O–H groups in total. The Balaban J connectivity index is 0.00000253. The minimum atomic E-state index is -4.52. The van der Waals surface area contributed by atoms with Crippen LogP contribution in [0.15, 0.2) is 87.5 Å². The first-order valence-electron chi connectivity index (χ1n) is 9.77. The molecule has 1 aromatic heterocycles. The summed E-state index contributed by atoms with van der Waals surface area (Å²) in [5.74, 6) is 0.977. The fourth-order valence-corrected chi connectivity index (χ4v) is 4.72. The Bertz CT molecular complexity index is 1470. The molecule has 0 saturated heterocycles. The van der Waals surface area contributed by atoms with E-state index in [0.717, 1.165) is 10.8 Å². The summed E-state index contributed by atoms with van der Waals surface area (Å²) < 4.78 is 42.1. The van der Waals surface area contributed by atoms with E-state index in [2.05, 4.69) is 34.4 Å². The van der Waals surface area contributed by atoms with Gasteiger partial charge in [-0.15, -0.1) is 0 Å². The van der Waals surface area contributed by atoms with E-state index < -0.39 is 10.1 Å². The summed E-state index contributed by atoms with van der Waals surface area (Å²) in [7, 11) is -4.52. The van der Waals surface area contributed by atoms with Crippen molar-refractivity contribution in [3.05, 3.63) is 72.8 Å². The molecule has 0 spiro atoms. The van der Waals surface area contributed by atoms with Gasteiger partial charge in [-0.1, -0.05) is 12.1 Å². The van der Waals surface area contributed by atoms with E-state index in [1.165, 1.54) is 24.3 Å². The topological polar surface area (TPSA) is 177 Å². The van der Waals surface area contributed by atoms with Gasteiger partial charge in [0.1, 0.15) is 21.8 Å².